The number of nitrogens with zero attached hydrogens (tertiary/aromatic N) is 1. The Morgan fingerprint density at radius 3 is 2.28 bits per heavy atom. The van der Waals surface area contributed by atoms with Gasteiger partial charge >= 0.3 is 0 Å². The SMILES string of the molecule is CS(=O)(=O)NC1CCCN(C(=O)C(NC(=O)c2ccccc2)c2ccccc2)C1. The highest BCUT2D eigenvalue weighted by atomic mass is 32.2. The summed E-state index contributed by atoms with van der Waals surface area (Å²) in [7, 11) is -3.36. The summed E-state index contributed by atoms with van der Waals surface area (Å²) in [5.41, 5.74) is 1.15. The van der Waals surface area contributed by atoms with Crippen molar-refractivity contribution in [1.82, 2.24) is 14.9 Å². The molecule has 1 aliphatic rings. The zero-order valence-electron chi connectivity index (χ0n) is 16.2. The Labute approximate surface area is 171 Å². The molecule has 0 saturated carbocycles. The van der Waals surface area contributed by atoms with Gasteiger partial charge in [-0.2, -0.15) is 0 Å². The first kappa shape index (κ1) is 21.0. The van der Waals surface area contributed by atoms with Crippen LogP contribution in [0.15, 0.2) is 60.7 Å². The van der Waals surface area contributed by atoms with Crippen molar-refractivity contribution < 1.29 is 18.0 Å². The lowest BCUT2D eigenvalue weighted by Crippen LogP contribution is -2.52. The molecule has 1 heterocycles. The van der Waals surface area contributed by atoms with E-state index in [1.54, 1.807) is 41.3 Å². The lowest BCUT2D eigenvalue weighted by molar-refractivity contribution is -0.134. The number of amides is 2. The Bertz CT molecular complexity index is 948. The van der Waals surface area contributed by atoms with Crippen LogP contribution in [0.5, 0.6) is 0 Å². The second-order valence-electron chi connectivity index (χ2n) is 7.20. The van der Waals surface area contributed by atoms with E-state index >= 15 is 0 Å². The minimum Gasteiger partial charge on any atom is -0.339 e. The largest absolute Gasteiger partial charge is 0.339 e. The topological polar surface area (TPSA) is 95.6 Å². The van der Waals surface area contributed by atoms with Gasteiger partial charge in [0, 0.05) is 24.7 Å². The van der Waals surface area contributed by atoms with Crippen LogP contribution in [0.1, 0.15) is 34.8 Å². The zero-order chi connectivity index (χ0) is 20.9. The molecular formula is C21H25N3O4S. The van der Waals surface area contributed by atoms with Gasteiger partial charge in [0.1, 0.15) is 6.04 Å². The normalized spacial score (nSPS) is 18.1. The third-order valence-electron chi connectivity index (χ3n) is 4.81. The maximum absolute atomic E-state index is 13.3. The molecule has 2 aromatic rings. The fourth-order valence-electron chi connectivity index (χ4n) is 3.50. The van der Waals surface area contributed by atoms with Crippen LogP contribution in [0.25, 0.3) is 0 Å². The van der Waals surface area contributed by atoms with E-state index in [0.717, 1.165) is 6.26 Å². The van der Waals surface area contributed by atoms with E-state index in [1.165, 1.54) is 0 Å². The van der Waals surface area contributed by atoms with Crippen molar-refractivity contribution in [2.45, 2.75) is 24.9 Å². The van der Waals surface area contributed by atoms with Crippen molar-refractivity contribution in [1.29, 1.82) is 0 Å². The van der Waals surface area contributed by atoms with Gasteiger partial charge in [-0.05, 0) is 30.5 Å². The van der Waals surface area contributed by atoms with E-state index in [4.69, 9.17) is 0 Å². The van der Waals surface area contributed by atoms with Crippen LogP contribution in [0.3, 0.4) is 0 Å². The molecule has 1 aliphatic heterocycles. The summed E-state index contributed by atoms with van der Waals surface area (Å²) in [6.45, 7) is 0.793. The molecule has 0 bridgehead atoms. The highest BCUT2D eigenvalue weighted by Crippen LogP contribution is 2.20. The molecule has 2 unspecified atom stereocenters. The quantitative estimate of drug-likeness (QED) is 0.751. The van der Waals surface area contributed by atoms with Crippen LogP contribution < -0.4 is 10.0 Å². The Morgan fingerprint density at radius 2 is 1.66 bits per heavy atom. The summed E-state index contributed by atoms with van der Waals surface area (Å²) >= 11 is 0. The molecule has 2 N–H and O–H groups in total. The van der Waals surface area contributed by atoms with Gasteiger partial charge in [0.2, 0.25) is 15.9 Å². The number of benzene rings is 2. The van der Waals surface area contributed by atoms with Crippen LogP contribution in [0.2, 0.25) is 0 Å². The van der Waals surface area contributed by atoms with E-state index in [0.29, 0.717) is 30.5 Å². The predicted molar refractivity (Wildman–Crippen MR) is 111 cm³/mol. The Hall–Kier alpha value is -2.71. The predicted octanol–water partition coefficient (Wildman–Crippen LogP) is 1.70. The van der Waals surface area contributed by atoms with Crippen LogP contribution in [0, 0.1) is 0 Å². The highest BCUT2D eigenvalue weighted by Gasteiger charge is 2.32. The van der Waals surface area contributed by atoms with E-state index in [2.05, 4.69) is 10.0 Å². The summed E-state index contributed by atoms with van der Waals surface area (Å²) in [6.07, 6.45) is 2.47. The van der Waals surface area contributed by atoms with E-state index < -0.39 is 16.1 Å². The fourth-order valence-corrected chi connectivity index (χ4v) is 4.29. The van der Waals surface area contributed by atoms with Gasteiger partial charge in [0.15, 0.2) is 0 Å². The van der Waals surface area contributed by atoms with E-state index in [9.17, 15) is 18.0 Å². The first-order chi connectivity index (χ1) is 13.8. The van der Waals surface area contributed by atoms with E-state index in [1.807, 2.05) is 24.3 Å². The van der Waals surface area contributed by atoms with Crippen LogP contribution >= 0.6 is 0 Å². The highest BCUT2D eigenvalue weighted by molar-refractivity contribution is 7.88. The van der Waals surface area contributed by atoms with Gasteiger partial charge in [-0.3, -0.25) is 9.59 Å². The summed E-state index contributed by atoms with van der Waals surface area (Å²) in [5.74, 6) is -0.587. The molecule has 1 fully saturated rings. The maximum atomic E-state index is 13.3. The second kappa shape index (κ2) is 9.19. The standard InChI is InChI=1S/C21H25N3O4S/c1-29(27,28)23-18-13-8-14-24(15-18)21(26)19(16-9-4-2-5-10-16)22-20(25)17-11-6-3-7-12-17/h2-7,9-12,18-19,23H,8,13-15H2,1H3,(H,22,25). The van der Waals surface area contributed by atoms with Gasteiger partial charge in [-0.1, -0.05) is 48.5 Å². The third kappa shape index (κ3) is 5.88. The number of likely N-dealkylation sites (tertiary alicyclic amines) is 1. The average molecular weight is 416 g/mol. The van der Waals surface area contributed by atoms with Crippen LogP contribution in [-0.4, -0.2) is 50.5 Å². The number of hydrogen-bond acceptors (Lipinski definition) is 4. The zero-order valence-corrected chi connectivity index (χ0v) is 17.1. The number of hydrogen-bond donors (Lipinski definition) is 2. The molecule has 2 atom stereocenters. The summed E-state index contributed by atoms with van der Waals surface area (Å²) in [5, 5.41) is 2.84. The van der Waals surface area contributed by atoms with Crippen molar-refractivity contribution in [3.63, 3.8) is 0 Å². The summed E-state index contributed by atoms with van der Waals surface area (Å²) < 4.78 is 25.7. The molecule has 2 amide bonds. The van der Waals surface area contributed by atoms with Gasteiger partial charge in [-0.25, -0.2) is 13.1 Å². The Kier molecular flexibility index (Phi) is 6.66. The number of rotatable bonds is 6. The lowest BCUT2D eigenvalue weighted by atomic mass is 10.0. The number of carbonyl (C=O) groups excluding carboxylic acids is 2. The molecule has 0 aromatic heterocycles. The maximum Gasteiger partial charge on any atom is 0.252 e. The molecule has 1 saturated heterocycles. The first-order valence-electron chi connectivity index (χ1n) is 9.50. The van der Waals surface area contributed by atoms with E-state index in [-0.39, 0.29) is 24.4 Å². The van der Waals surface area contributed by atoms with Crippen molar-refractivity contribution in [2.24, 2.45) is 0 Å². The molecule has 154 valence electrons. The molecule has 0 radical (unpaired) electrons. The van der Waals surface area contributed by atoms with Gasteiger partial charge < -0.3 is 10.2 Å². The monoisotopic (exact) mass is 415 g/mol. The smallest absolute Gasteiger partial charge is 0.252 e. The molecule has 8 heteroatoms. The molecule has 0 aliphatic carbocycles. The first-order valence-corrected chi connectivity index (χ1v) is 11.4. The van der Waals surface area contributed by atoms with Crippen molar-refractivity contribution >= 4 is 21.8 Å². The van der Waals surface area contributed by atoms with Crippen molar-refractivity contribution in [3.05, 3.63) is 71.8 Å². The molecule has 7 nitrogen and oxygen atoms in total. The van der Waals surface area contributed by atoms with Crippen molar-refractivity contribution in [3.8, 4) is 0 Å². The molecule has 3 rings (SSSR count). The lowest BCUT2D eigenvalue weighted by Gasteiger charge is -2.35. The summed E-state index contributed by atoms with van der Waals surface area (Å²) in [4.78, 5) is 27.6. The summed E-state index contributed by atoms with van der Waals surface area (Å²) in [6, 6.07) is 16.6. The van der Waals surface area contributed by atoms with Gasteiger partial charge in [-0.15, -0.1) is 0 Å². The molecule has 2 aromatic carbocycles. The van der Waals surface area contributed by atoms with Crippen LogP contribution in [0.4, 0.5) is 0 Å². The molecule has 29 heavy (non-hydrogen) atoms. The van der Waals surface area contributed by atoms with Crippen LogP contribution in [-0.2, 0) is 14.8 Å². The van der Waals surface area contributed by atoms with Gasteiger partial charge in [0.05, 0.1) is 6.26 Å². The number of piperidine rings is 1. The minimum atomic E-state index is -3.36. The minimum absolute atomic E-state index is 0.250. The van der Waals surface area contributed by atoms with Gasteiger partial charge in [0.25, 0.3) is 5.91 Å². The number of nitrogens with one attached hydrogen (secondary N) is 2. The molecule has 0 spiro atoms. The fraction of sp³-hybridized carbons (Fsp3) is 0.333. The van der Waals surface area contributed by atoms with Crippen molar-refractivity contribution in [2.75, 3.05) is 19.3 Å². The second-order valence-corrected chi connectivity index (χ2v) is 8.98. The molecular weight excluding hydrogens is 390 g/mol. The third-order valence-corrected chi connectivity index (χ3v) is 5.57. The Morgan fingerprint density at radius 1 is 1.03 bits per heavy atom. The average Bonchev–Trinajstić information content (AvgIpc) is 2.71. The Balaban J connectivity index is 1.80. The number of sulfonamides is 1. The number of carbonyl (C=O) groups is 2.